The standard InChI is InChI=1S/C17H29NO/c1-3-10-18-17(12-15-9-11-19-13-15)16-7-5-14(4-2)6-8-16/h9,11,13-14,16-18H,3-8,10,12H2,1-2H3. The monoisotopic (exact) mass is 263 g/mol. The molecule has 1 aromatic rings. The van der Waals surface area contributed by atoms with Crippen molar-refractivity contribution in [2.45, 2.75) is 64.8 Å². The van der Waals surface area contributed by atoms with E-state index in [1.165, 1.54) is 44.1 Å². The molecule has 1 aliphatic carbocycles. The molecule has 0 saturated heterocycles. The minimum atomic E-state index is 0.635. The molecular weight excluding hydrogens is 234 g/mol. The minimum Gasteiger partial charge on any atom is -0.472 e. The lowest BCUT2D eigenvalue weighted by atomic mass is 9.76. The van der Waals surface area contributed by atoms with Crippen molar-refractivity contribution in [2.75, 3.05) is 6.54 Å². The zero-order chi connectivity index (χ0) is 13.5. The predicted octanol–water partition coefficient (Wildman–Crippen LogP) is 4.41. The molecule has 2 heteroatoms. The van der Waals surface area contributed by atoms with Gasteiger partial charge in [0.05, 0.1) is 12.5 Å². The largest absolute Gasteiger partial charge is 0.472 e. The third-order valence-corrected chi connectivity index (χ3v) is 4.73. The summed E-state index contributed by atoms with van der Waals surface area (Å²) in [5.74, 6) is 1.83. The molecule has 2 nitrogen and oxygen atoms in total. The first-order chi connectivity index (χ1) is 9.33. The van der Waals surface area contributed by atoms with E-state index in [2.05, 4.69) is 25.2 Å². The van der Waals surface area contributed by atoms with Crippen LogP contribution in [0.5, 0.6) is 0 Å². The molecule has 1 unspecified atom stereocenters. The van der Waals surface area contributed by atoms with E-state index in [0.29, 0.717) is 6.04 Å². The zero-order valence-electron chi connectivity index (χ0n) is 12.5. The molecule has 0 aliphatic heterocycles. The Labute approximate surface area is 118 Å². The van der Waals surface area contributed by atoms with Crippen LogP contribution in [0.1, 0.15) is 57.9 Å². The second kappa shape index (κ2) is 7.74. The van der Waals surface area contributed by atoms with Gasteiger partial charge in [-0.05, 0) is 55.7 Å². The van der Waals surface area contributed by atoms with Crippen molar-refractivity contribution in [3.05, 3.63) is 24.2 Å². The molecule has 1 fully saturated rings. The lowest BCUT2D eigenvalue weighted by molar-refractivity contribution is 0.216. The number of nitrogens with one attached hydrogen (secondary N) is 1. The fourth-order valence-corrected chi connectivity index (χ4v) is 3.40. The highest BCUT2D eigenvalue weighted by atomic mass is 16.3. The molecule has 1 atom stereocenters. The van der Waals surface area contributed by atoms with Crippen molar-refractivity contribution in [1.29, 1.82) is 0 Å². The molecule has 19 heavy (non-hydrogen) atoms. The third kappa shape index (κ3) is 4.38. The third-order valence-electron chi connectivity index (χ3n) is 4.73. The maximum atomic E-state index is 5.21. The predicted molar refractivity (Wildman–Crippen MR) is 80.2 cm³/mol. The molecule has 0 amide bonds. The van der Waals surface area contributed by atoms with Gasteiger partial charge in [-0.2, -0.15) is 0 Å². The molecule has 108 valence electrons. The Morgan fingerprint density at radius 2 is 2.05 bits per heavy atom. The quantitative estimate of drug-likeness (QED) is 0.788. The van der Waals surface area contributed by atoms with Crippen molar-refractivity contribution in [2.24, 2.45) is 11.8 Å². The summed E-state index contributed by atoms with van der Waals surface area (Å²) in [4.78, 5) is 0. The molecule has 1 aliphatic rings. The lowest BCUT2D eigenvalue weighted by Crippen LogP contribution is -2.40. The summed E-state index contributed by atoms with van der Waals surface area (Å²) >= 11 is 0. The fraction of sp³-hybridized carbons (Fsp3) is 0.765. The Hall–Kier alpha value is -0.760. The fourth-order valence-electron chi connectivity index (χ4n) is 3.40. The topological polar surface area (TPSA) is 25.2 Å². The highest BCUT2D eigenvalue weighted by Gasteiger charge is 2.26. The number of hydrogen-bond acceptors (Lipinski definition) is 2. The molecule has 0 bridgehead atoms. The summed E-state index contributed by atoms with van der Waals surface area (Å²) in [7, 11) is 0. The van der Waals surface area contributed by atoms with Crippen LogP contribution in [0.3, 0.4) is 0 Å². The Kier molecular flexibility index (Phi) is 5.96. The van der Waals surface area contributed by atoms with Crippen LogP contribution in [0.2, 0.25) is 0 Å². The number of hydrogen-bond donors (Lipinski definition) is 1. The smallest absolute Gasteiger partial charge is 0.0935 e. The average Bonchev–Trinajstić information content (AvgIpc) is 2.96. The van der Waals surface area contributed by atoms with Gasteiger partial charge < -0.3 is 9.73 Å². The first-order valence-corrected chi connectivity index (χ1v) is 8.07. The highest BCUT2D eigenvalue weighted by molar-refractivity contribution is 5.08. The Morgan fingerprint density at radius 1 is 1.26 bits per heavy atom. The summed E-state index contributed by atoms with van der Waals surface area (Å²) in [5, 5.41) is 3.77. The SMILES string of the molecule is CCCNC(Cc1ccoc1)C1CCC(CC)CC1. The Bertz CT molecular complexity index is 325. The second-order valence-electron chi connectivity index (χ2n) is 6.09. The van der Waals surface area contributed by atoms with Crippen LogP contribution in [0.15, 0.2) is 23.0 Å². The van der Waals surface area contributed by atoms with Gasteiger partial charge in [-0.15, -0.1) is 0 Å². The van der Waals surface area contributed by atoms with Crippen LogP contribution in [0.4, 0.5) is 0 Å². The van der Waals surface area contributed by atoms with E-state index in [1.54, 1.807) is 6.26 Å². The van der Waals surface area contributed by atoms with E-state index >= 15 is 0 Å². The first-order valence-electron chi connectivity index (χ1n) is 8.07. The van der Waals surface area contributed by atoms with Gasteiger partial charge in [-0.1, -0.05) is 33.1 Å². The second-order valence-corrected chi connectivity index (χ2v) is 6.09. The summed E-state index contributed by atoms with van der Waals surface area (Å²) in [6, 6.07) is 2.74. The lowest BCUT2D eigenvalue weighted by Gasteiger charge is -2.34. The van der Waals surface area contributed by atoms with Crippen LogP contribution in [0.25, 0.3) is 0 Å². The molecule has 2 rings (SSSR count). The van der Waals surface area contributed by atoms with Crippen molar-refractivity contribution >= 4 is 0 Å². The van der Waals surface area contributed by atoms with Gasteiger partial charge in [0.2, 0.25) is 0 Å². The first kappa shape index (κ1) is 14.6. The van der Waals surface area contributed by atoms with Crippen molar-refractivity contribution < 1.29 is 4.42 Å². The van der Waals surface area contributed by atoms with Gasteiger partial charge in [0, 0.05) is 6.04 Å². The number of furan rings is 1. The van der Waals surface area contributed by atoms with Gasteiger partial charge in [0.1, 0.15) is 0 Å². The Balaban J connectivity index is 1.89. The summed E-state index contributed by atoms with van der Waals surface area (Å²) < 4.78 is 5.21. The molecule has 0 aromatic carbocycles. The maximum absolute atomic E-state index is 5.21. The van der Waals surface area contributed by atoms with E-state index < -0.39 is 0 Å². The van der Waals surface area contributed by atoms with Gasteiger partial charge in [-0.25, -0.2) is 0 Å². The minimum absolute atomic E-state index is 0.635. The normalized spacial score (nSPS) is 25.4. The molecule has 1 N–H and O–H groups in total. The van der Waals surface area contributed by atoms with E-state index in [0.717, 1.165) is 24.8 Å². The molecule has 0 spiro atoms. The van der Waals surface area contributed by atoms with Gasteiger partial charge in [0.15, 0.2) is 0 Å². The Morgan fingerprint density at radius 3 is 2.63 bits per heavy atom. The molecule has 1 aromatic heterocycles. The molecule has 1 saturated carbocycles. The van der Waals surface area contributed by atoms with Gasteiger partial charge in [-0.3, -0.25) is 0 Å². The summed E-state index contributed by atoms with van der Waals surface area (Å²) in [5.41, 5.74) is 1.34. The molecular formula is C17H29NO. The van der Waals surface area contributed by atoms with Crippen molar-refractivity contribution in [3.63, 3.8) is 0 Å². The van der Waals surface area contributed by atoms with Crippen LogP contribution in [0, 0.1) is 11.8 Å². The van der Waals surface area contributed by atoms with Crippen LogP contribution in [-0.2, 0) is 6.42 Å². The molecule has 1 heterocycles. The number of rotatable bonds is 7. The van der Waals surface area contributed by atoms with Crippen molar-refractivity contribution in [3.8, 4) is 0 Å². The molecule has 0 radical (unpaired) electrons. The van der Waals surface area contributed by atoms with Gasteiger partial charge >= 0.3 is 0 Å². The average molecular weight is 263 g/mol. The van der Waals surface area contributed by atoms with E-state index in [1.807, 2.05) is 6.26 Å². The van der Waals surface area contributed by atoms with Crippen molar-refractivity contribution in [1.82, 2.24) is 5.32 Å². The van der Waals surface area contributed by atoms with Crippen LogP contribution >= 0.6 is 0 Å². The summed E-state index contributed by atoms with van der Waals surface area (Å²) in [6.45, 7) is 5.72. The maximum Gasteiger partial charge on any atom is 0.0935 e. The van der Waals surface area contributed by atoms with E-state index in [-0.39, 0.29) is 0 Å². The van der Waals surface area contributed by atoms with E-state index in [4.69, 9.17) is 4.42 Å². The highest BCUT2D eigenvalue weighted by Crippen LogP contribution is 2.33. The van der Waals surface area contributed by atoms with Gasteiger partial charge in [0.25, 0.3) is 0 Å². The van der Waals surface area contributed by atoms with Crippen LogP contribution in [-0.4, -0.2) is 12.6 Å². The zero-order valence-corrected chi connectivity index (χ0v) is 12.5. The summed E-state index contributed by atoms with van der Waals surface area (Å²) in [6.07, 6.45) is 13.0. The van der Waals surface area contributed by atoms with E-state index in [9.17, 15) is 0 Å². The van der Waals surface area contributed by atoms with Crippen LogP contribution < -0.4 is 5.32 Å².